The number of hydrogen-bond acceptors (Lipinski definition) is 4. The van der Waals surface area contributed by atoms with Gasteiger partial charge in [0.25, 0.3) is 0 Å². The molecule has 2 aromatic heterocycles. The minimum absolute atomic E-state index is 0.0268. The van der Waals surface area contributed by atoms with E-state index in [0.29, 0.717) is 5.69 Å². The molecule has 0 aromatic carbocycles. The summed E-state index contributed by atoms with van der Waals surface area (Å²) in [6.07, 6.45) is 0. The Morgan fingerprint density at radius 1 is 1.50 bits per heavy atom. The number of ketones is 1. The van der Waals surface area contributed by atoms with Crippen LogP contribution in [0, 0.1) is 0 Å². The summed E-state index contributed by atoms with van der Waals surface area (Å²) in [6.45, 7) is 0. The quantitative estimate of drug-likeness (QED) is 0.545. The van der Waals surface area contributed by atoms with Crippen LogP contribution in [0.1, 0.15) is 10.5 Å². The highest BCUT2D eigenvalue weighted by Gasteiger charge is 2.13. The van der Waals surface area contributed by atoms with Crippen LogP contribution >= 0.6 is 66.1 Å². The number of rotatable bonds is 3. The van der Waals surface area contributed by atoms with E-state index in [2.05, 4.69) is 36.8 Å². The van der Waals surface area contributed by atoms with E-state index in [0.717, 1.165) is 18.1 Å². The van der Waals surface area contributed by atoms with Crippen LogP contribution < -0.4 is 0 Å². The summed E-state index contributed by atoms with van der Waals surface area (Å²) < 4.78 is 2.01. The molecule has 0 aliphatic carbocycles. The van der Waals surface area contributed by atoms with Crippen molar-refractivity contribution in [1.29, 1.82) is 0 Å². The molecule has 0 N–H and O–H groups in total. The van der Waals surface area contributed by atoms with Crippen LogP contribution in [0.2, 0.25) is 0 Å². The molecule has 2 aromatic rings. The molecular weight excluding hydrogens is 398 g/mol. The van der Waals surface area contributed by atoms with Crippen molar-refractivity contribution in [3.63, 3.8) is 0 Å². The predicted molar refractivity (Wildman–Crippen MR) is 75.9 cm³/mol. The SMILES string of the molecule is O=C(CCl)c1csc(-c2cc(Br)c(Br)s2)n1. The molecule has 0 aliphatic heterocycles. The average molecular weight is 402 g/mol. The number of Topliss-reactive ketones (excluding diaryl/α,β-unsaturated/α-hetero) is 1. The lowest BCUT2D eigenvalue weighted by Crippen LogP contribution is -1.99. The summed E-state index contributed by atoms with van der Waals surface area (Å²) in [6, 6.07) is 1.97. The summed E-state index contributed by atoms with van der Waals surface area (Å²) in [5.74, 6) is -0.167. The van der Waals surface area contributed by atoms with Gasteiger partial charge in [-0.05, 0) is 37.9 Å². The van der Waals surface area contributed by atoms with Gasteiger partial charge in [0.15, 0.2) is 5.78 Å². The second-order valence-corrected chi connectivity index (χ2v) is 7.18. The maximum atomic E-state index is 11.3. The zero-order chi connectivity index (χ0) is 11.7. The second kappa shape index (κ2) is 5.27. The number of halogens is 3. The van der Waals surface area contributed by atoms with Crippen molar-refractivity contribution < 1.29 is 4.79 Å². The number of alkyl halides is 1. The van der Waals surface area contributed by atoms with Crippen molar-refractivity contribution in [2.24, 2.45) is 0 Å². The van der Waals surface area contributed by atoms with E-state index in [4.69, 9.17) is 11.6 Å². The normalized spacial score (nSPS) is 10.7. The third-order valence-electron chi connectivity index (χ3n) is 1.77. The van der Waals surface area contributed by atoms with Gasteiger partial charge >= 0.3 is 0 Å². The molecule has 84 valence electrons. The summed E-state index contributed by atoms with van der Waals surface area (Å²) >= 11 is 15.3. The highest BCUT2D eigenvalue weighted by Crippen LogP contribution is 2.39. The fourth-order valence-electron chi connectivity index (χ4n) is 1.04. The third-order valence-corrected chi connectivity index (χ3v) is 6.28. The standard InChI is InChI=1S/C9H4Br2ClNOS2/c10-4-1-7(16-8(4)11)9-13-5(3-15-9)6(14)2-12/h1,3H,2H2. The highest BCUT2D eigenvalue weighted by molar-refractivity contribution is 9.13. The Labute approximate surface area is 122 Å². The van der Waals surface area contributed by atoms with Gasteiger partial charge < -0.3 is 0 Å². The maximum absolute atomic E-state index is 11.3. The van der Waals surface area contributed by atoms with Crippen molar-refractivity contribution in [3.05, 3.63) is 25.4 Å². The Hall–Kier alpha value is 0.250. The number of aromatic nitrogens is 1. The number of hydrogen-bond donors (Lipinski definition) is 0. The summed E-state index contributed by atoms with van der Waals surface area (Å²) in [7, 11) is 0. The van der Waals surface area contributed by atoms with Crippen molar-refractivity contribution in [2.75, 3.05) is 5.88 Å². The summed E-state index contributed by atoms with van der Waals surface area (Å²) in [4.78, 5) is 16.6. The van der Waals surface area contributed by atoms with Gasteiger partial charge in [0.2, 0.25) is 0 Å². The average Bonchev–Trinajstić information content (AvgIpc) is 2.86. The largest absolute Gasteiger partial charge is 0.291 e. The first-order chi connectivity index (χ1) is 7.61. The molecule has 2 nitrogen and oxygen atoms in total. The van der Waals surface area contributed by atoms with E-state index in [-0.39, 0.29) is 11.7 Å². The van der Waals surface area contributed by atoms with Gasteiger partial charge in [-0.2, -0.15) is 0 Å². The van der Waals surface area contributed by atoms with Gasteiger partial charge in [-0.1, -0.05) is 0 Å². The van der Waals surface area contributed by atoms with Crippen LogP contribution in [0.3, 0.4) is 0 Å². The van der Waals surface area contributed by atoms with Crippen LogP contribution in [0.4, 0.5) is 0 Å². The molecule has 0 unspecified atom stereocenters. The lowest BCUT2D eigenvalue weighted by Gasteiger charge is -1.88. The molecule has 0 aliphatic rings. The molecule has 16 heavy (non-hydrogen) atoms. The maximum Gasteiger partial charge on any atom is 0.196 e. The Bertz CT molecular complexity index is 518. The number of thiophene rings is 1. The van der Waals surface area contributed by atoms with Gasteiger partial charge in [0.05, 0.1) is 14.5 Å². The van der Waals surface area contributed by atoms with Crippen molar-refractivity contribution >= 4 is 71.9 Å². The van der Waals surface area contributed by atoms with Crippen LogP contribution in [0.15, 0.2) is 19.7 Å². The highest BCUT2D eigenvalue weighted by atomic mass is 79.9. The minimum atomic E-state index is -0.140. The van der Waals surface area contributed by atoms with E-state index in [1.54, 1.807) is 16.7 Å². The second-order valence-electron chi connectivity index (χ2n) is 2.83. The van der Waals surface area contributed by atoms with E-state index < -0.39 is 0 Å². The number of carbonyl (C=O) groups excluding carboxylic acids is 1. The first-order valence-corrected chi connectivity index (χ1v) is 7.93. The van der Waals surface area contributed by atoms with Gasteiger partial charge in [-0.15, -0.1) is 34.3 Å². The fraction of sp³-hybridized carbons (Fsp3) is 0.111. The van der Waals surface area contributed by atoms with E-state index in [9.17, 15) is 4.79 Å². The van der Waals surface area contributed by atoms with E-state index >= 15 is 0 Å². The Morgan fingerprint density at radius 2 is 2.25 bits per heavy atom. The zero-order valence-corrected chi connectivity index (χ0v) is 13.2. The first kappa shape index (κ1) is 12.7. The Balaban J connectivity index is 2.35. The van der Waals surface area contributed by atoms with E-state index in [1.807, 2.05) is 6.07 Å². The van der Waals surface area contributed by atoms with Crippen LogP contribution in [0.5, 0.6) is 0 Å². The molecule has 2 heterocycles. The van der Waals surface area contributed by atoms with Crippen molar-refractivity contribution in [1.82, 2.24) is 4.98 Å². The van der Waals surface area contributed by atoms with Crippen molar-refractivity contribution in [3.8, 4) is 9.88 Å². The number of carbonyl (C=O) groups is 1. The number of nitrogens with zero attached hydrogens (tertiary/aromatic N) is 1. The molecule has 0 atom stereocenters. The summed E-state index contributed by atoms with van der Waals surface area (Å²) in [5, 5.41) is 2.58. The summed E-state index contributed by atoms with van der Waals surface area (Å²) in [5.41, 5.74) is 0.440. The molecule has 0 amide bonds. The fourth-order valence-corrected chi connectivity index (χ4v) is 4.10. The van der Waals surface area contributed by atoms with Crippen molar-refractivity contribution in [2.45, 2.75) is 0 Å². The Morgan fingerprint density at radius 3 is 2.81 bits per heavy atom. The third kappa shape index (κ3) is 2.56. The zero-order valence-electron chi connectivity index (χ0n) is 7.67. The first-order valence-electron chi connectivity index (χ1n) is 4.11. The van der Waals surface area contributed by atoms with Gasteiger partial charge in [-0.3, -0.25) is 4.79 Å². The van der Waals surface area contributed by atoms with Gasteiger partial charge in [0, 0.05) is 9.85 Å². The van der Waals surface area contributed by atoms with Crippen LogP contribution in [0.25, 0.3) is 9.88 Å². The molecule has 0 saturated heterocycles. The minimum Gasteiger partial charge on any atom is -0.291 e. The predicted octanol–water partition coefficient (Wildman–Crippen LogP) is 4.82. The van der Waals surface area contributed by atoms with Gasteiger partial charge in [-0.25, -0.2) is 4.98 Å². The lowest BCUT2D eigenvalue weighted by molar-refractivity contribution is 0.101. The molecule has 7 heteroatoms. The van der Waals surface area contributed by atoms with Gasteiger partial charge in [0.1, 0.15) is 10.7 Å². The Kier molecular flexibility index (Phi) is 4.18. The number of thiazole rings is 1. The molecular formula is C9H4Br2ClNOS2. The molecule has 0 fully saturated rings. The topological polar surface area (TPSA) is 30.0 Å². The molecule has 0 saturated carbocycles. The molecule has 0 radical (unpaired) electrons. The monoisotopic (exact) mass is 399 g/mol. The molecule has 0 spiro atoms. The van der Waals surface area contributed by atoms with Crippen LogP contribution in [-0.2, 0) is 0 Å². The lowest BCUT2D eigenvalue weighted by atomic mass is 10.3. The van der Waals surface area contributed by atoms with Crippen LogP contribution in [-0.4, -0.2) is 16.6 Å². The molecule has 2 rings (SSSR count). The smallest absolute Gasteiger partial charge is 0.196 e. The van der Waals surface area contributed by atoms with E-state index in [1.165, 1.54) is 11.3 Å². The molecule has 0 bridgehead atoms.